The topological polar surface area (TPSA) is 24.9 Å². The van der Waals surface area contributed by atoms with Crippen molar-refractivity contribution in [3.63, 3.8) is 0 Å². The Bertz CT molecular complexity index is 425. The molecule has 1 saturated carbocycles. The van der Waals surface area contributed by atoms with Crippen LogP contribution in [0.1, 0.15) is 56.7 Å². The Kier molecular flexibility index (Phi) is 3.45. The molecule has 1 aromatic heterocycles. The fourth-order valence-corrected chi connectivity index (χ4v) is 5.15. The van der Waals surface area contributed by atoms with E-state index in [1.54, 1.807) is 0 Å². The quantitative estimate of drug-likeness (QED) is 0.910. The van der Waals surface area contributed by atoms with Gasteiger partial charge in [-0.05, 0) is 25.2 Å². The lowest BCUT2D eigenvalue weighted by atomic mass is 9.96. The molecule has 0 bridgehead atoms. The molecule has 2 atom stereocenters. The van der Waals surface area contributed by atoms with E-state index >= 15 is 0 Å². The van der Waals surface area contributed by atoms with Gasteiger partial charge in [0.25, 0.3) is 0 Å². The second-order valence-corrected chi connectivity index (χ2v) is 8.34. The molecule has 0 aromatic carbocycles. The number of rotatable bonds is 4. The highest BCUT2D eigenvalue weighted by atomic mass is 32.2. The first kappa shape index (κ1) is 12.9. The number of thiazole rings is 1. The van der Waals surface area contributed by atoms with E-state index in [4.69, 9.17) is 4.98 Å². The molecule has 1 saturated heterocycles. The lowest BCUT2D eigenvalue weighted by Gasteiger charge is -2.28. The van der Waals surface area contributed by atoms with E-state index in [9.17, 15) is 0 Å². The van der Waals surface area contributed by atoms with Crippen LogP contribution in [0.25, 0.3) is 0 Å². The Labute approximate surface area is 118 Å². The molecule has 2 fully saturated rings. The zero-order valence-corrected chi connectivity index (χ0v) is 13.0. The third-order valence-corrected chi connectivity index (χ3v) is 6.29. The maximum Gasteiger partial charge on any atom is 0.114 e. The zero-order chi connectivity index (χ0) is 12.8. The standard InChI is InChI=1S/C14H22N2S2/c1-9(2)12-7-17-13(15-12)14(16-11-4-5-11)6-10(3)18-8-14/h7,9-11,16H,4-6,8H2,1-3H3. The lowest BCUT2D eigenvalue weighted by molar-refractivity contribution is 0.357. The van der Waals surface area contributed by atoms with Gasteiger partial charge in [0.1, 0.15) is 5.01 Å². The predicted octanol–water partition coefficient (Wildman–Crippen LogP) is 3.74. The van der Waals surface area contributed by atoms with Crippen molar-refractivity contribution in [2.24, 2.45) is 0 Å². The highest BCUT2D eigenvalue weighted by Crippen LogP contribution is 2.44. The van der Waals surface area contributed by atoms with Gasteiger partial charge in [0.2, 0.25) is 0 Å². The molecule has 0 radical (unpaired) electrons. The van der Waals surface area contributed by atoms with Gasteiger partial charge in [-0.1, -0.05) is 20.8 Å². The fraction of sp³-hybridized carbons (Fsp3) is 0.786. The molecule has 2 heterocycles. The van der Waals surface area contributed by atoms with E-state index in [0.29, 0.717) is 5.92 Å². The first-order chi connectivity index (χ1) is 8.59. The molecular weight excluding hydrogens is 260 g/mol. The number of nitrogens with zero attached hydrogens (tertiary/aromatic N) is 1. The van der Waals surface area contributed by atoms with Crippen LogP contribution in [0.15, 0.2) is 5.38 Å². The summed E-state index contributed by atoms with van der Waals surface area (Å²) >= 11 is 3.95. The zero-order valence-electron chi connectivity index (χ0n) is 11.4. The Morgan fingerprint density at radius 1 is 1.44 bits per heavy atom. The molecule has 2 aliphatic rings. The van der Waals surface area contributed by atoms with Gasteiger partial charge in [-0.15, -0.1) is 11.3 Å². The smallest absolute Gasteiger partial charge is 0.114 e. The summed E-state index contributed by atoms with van der Waals surface area (Å²) in [7, 11) is 0. The SMILES string of the molecule is CC1CC(NC2CC2)(c2nc(C(C)C)cs2)CS1. The summed E-state index contributed by atoms with van der Waals surface area (Å²) in [5, 5.41) is 8.23. The molecule has 1 aromatic rings. The summed E-state index contributed by atoms with van der Waals surface area (Å²) in [6.07, 6.45) is 3.94. The van der Waals surface area contributed by atoms with Crippen LogP contribution in [0.5, 0.6) is 0 Å². The number of thioether (sulfide) groups is 1. The van der Waals surface area contributed by atoms with E-state index in [0.717, 1.165) is 11.3 Å². The van der Waals surface area contributed by atoms with Crippen molar-refractivity contribution in [1.82, 2.24) is 10.3 Å². The van der Waals surface area contributed by atoms with Crippen LogP contribution in [0.2, 0.25) is 0 Å². The molecule has 4 heteroatoms. The minimum Gasteiger partial charge on any atom is -0.302 e. The van der Waals surface area contributed by atoms with Crippen LogP contribution in [0.3, 0.4) is 0 Å². The van der Waals surface area contributed by atoms with Crippen molar-refractivity contribution < 1.29 is 0 Å². The van der Waals surface area contributed by atoms with Gasteiger partial charge >= 0.3 is 0 Å². The highest BCUT2D eigenvalue weighted by molar-refractivity contribution is 8.00. The van der Waals surface area contributed by atoms with Crippen LogP contribution in [0.4, 0.5) is 0 Å². The molecule has 3 rings (SSSR count). The van der Waals surface area contributed by atoms with Crippen LogP contribution in [-0.2, 0) is 5.54 Å². The van der Waals surface area contributed by atoms with Gasteiger partial charge in [-0.25, -0.2) is 4.98 Å². The molecule has 100 valence electrons. The van der Waals surface area contributed by atoms with Crippen LogP contribution < -0.4 is 5.32 Å². The minimum atomic E-state index is 0.170. The van der Waals surface area contributed by atoms with Gasteiger partial charge in [0, 0.05) is 22.4 Å². The average Bonchev–Trinajstić information content (AvgIpc) is 2.85. The summed E-state index contributed by atoms with van der Waals surface area (Å²) in [6.45, 7) is 6.80. The predicted molar refractivity (Wildman–Crippen MR) is 80.6 cm³/mol. The Morgan fingerprint density at radius 3 is 2.72 bits per heavy atom. The number of hydrogen-bond donors (Lipinski definition) is 1. The third kappa shape index (κ3) is 2.47. The van der Waals surface area contributed by atoms with Crippen molar-refractivity contribution in [3.8, 4) is 0 Å². The van der Waals surface area contributed by atoms with Crippen molar-refractivity contribution in [3.05, 3.63) is 16.1 Å². The minimum absolute atomic E-state index is 0.170. The highest BCUT2D eigenvalue weighted by Gasteiger charge is 2.45. The van der Waals surface area contributed by atoms with Gasteiger partial charge in [-0.2, -0.15) is 11.8 Å². The van der Waals surface area contributed by atoms with Gasteiger partial charge in [-0.3, -0.25) is 0 Å². The van der Waals surface area contributed by atoms with Gasteiger partial charge in [0.15, 0.2) is 0 Å². The normalized spacial score (nSPS) is 32.3. The van der Waals surface area contributed by atoms with Crippen molar-refractivity contribution >= 4 is 23.1 Å². The number of hydrogen-bond acceptors (Lipinski definition) is 4. The molecule has 2 unspecified atom stereocenters. The maximum atomic E-state index is 4.92. The van der Waals surface area contributed by atoms with Crippen LogP contribution >= 0.6 is 23.1 Å². The first-order valence-corrected chi connectivity index (χ1v) is 8.87. The number of aromatic nitrogens is 1. The van der Waals surface area contributed by atoms with Crippen molar-refractivity contribution in [1.29, 1.82) is 0 Å². The monoisotopic (exact) mass is 282 g/mol. The van der Waals surface area contributed by atoms with Gasteiger partial charge < -0.3 is 5.32 Å². The average molecular weight is 282 g/mol. The first-order valence-electron chi connectivity index (χ1n) is 6.94. The molecule has 1 N–H and O–H groups in total. The lowest BCUT2D eigenvalue weighted by Crippen LogP contribution is -2.44. The second-order valence-electron chi connectivity index (χ2n) is 6.06. The molecule has 18 heavy (non-hydrogen) atoms. The molecule has 2 nitrogen and oxygen atoms in total. The Balaban J connectivity index is 1.87. The molecule has 0 spiro atoms. The summed E-state index contributed by atoms with van der Waals surface area (Å²) < 4.78 is 0. The summed E-state index contributed by atoms with van der Waals surface area (Å²) in [5.41, 5.74) is 1.43. The largest absolute Gasteiger partial charge is 0.302 e. The van der Waals surface area contributed by atoms with E-state index in [1.807, 2.05) is 11.3 Å². The molecular formula is C14H22N2S2. The molecule has 1 aliphatic heterocycles. The van der Waals surface area contributed by atoms with E-state index in [1.165, 1.54) is 35.7 Å². The third-order valence-electron chi connectivity index (χ3n) is 3.83. The Hall–Kier alpha value is -0.0600. The summed E-state index contributed by atoms with van der Waals surface area (Å²) in [4.78, 5) is 4.92. The number of nitrogens with one attached hydrogen (secondary N) is 1. The van der Waals surface area contributed by atoms with E-state index < -0.39 is 0 Å². The van der Waals surface area contributed by atoms with E-state index in [-0.39, 0.29) is 5.54 Å². The fourth-order valence-electron chi connectivity index (χ4n) is 2.59. The van der Waals surface area contributed by atoms with Gasteiger partial charge in [0.05, 0.1) is 11.2 Å². The Morgan fingerprint density at radius 2 is 2.22 bits per heavy atom. The van der Waals surface area contributed by atoms with Crippen LogP contribution in [0, 0.1) is 0 Å². The van der Waals surface area contributed by atoms with Crippen molar-refractivity contribution in [2.75, 3.05) is 5.75 Å². The van der Waals surface area contributed by atoms with E-state index in [2.05, 4.69) is 43.2 Å². The van der Waals surface area contributed by atoms with Crippen molar-refractivity contribution in [2.45, 2.75) is 62.8 Å². The summed E-state index contributed by atoms with van der Waals surface area (Å²) in [6, 6.07) is 0.752. The summed E-state index contributed by atoms with van der Waals surface area (Å²) in [5.74, 6) is 1.73. The second kappa shape index (κ2) is 4.80. The maximum absolute atomic E-state index is 4.92. The van der Waals surface area contributed by atoms with Crippen LogP contribution in [-0.4, -0.2) is 22.0 Å². The molecule has 0 amide bonds. The molecule has 1 aliphatic carbocycles.